The Hall–Kier alpha value is -3.96. The molecule has 5 aromatic rings. The van der Waals surface area contributed by atoms with Crippen LogP contribution in [0.15, 0.2) is 64.3 Å². The molecule has 0 radical (unpaired) electrons. The Balaban J connectivity index is 1.44. The Morgan fingerprint density at radius 1 is 1.00 bits per heavy atom. The van der Waals surface area contributed by atoms with Crippen LogP contribution >= 0.6 is 11.3 Å². The fourth-order valence-corrected chi connectivity index (χ4v) is 5.98. The molecule has 0 atom stereocenters. The van der Waals surface area contributed by atoms with E-state index in [-0.39, 0.29) is 10.8 Å². The van der Waals surface area contributed by atoms with Gasteiger partial charge in [0, 0.05) is 21.7 Å². The molecule has 0 aliphatic heterocycles. The summed E-state index contributed by atoms with van der Waals surface area (Å²) in [7, 11) is -3.84. The number of sulfonamides is 1. The zero-order valence-corrected chi connectivity index (χ0v) is 22.3. The number of hydrogen-bond acceptors (Lipinski definition) is 9. The van der Waals surface area contributed by atoms with E-state index in [9.17, 15) is 8.42 Å². The molecule has 2 aromatic carbocycles. The number of ether oxygens (including phenoxy) is 1. The summed E-state index contributed by atoms with van der Waals surface area (Å²) in [6, 6.07) is 14.4. The number of nitrogens with zero attached hydrogens (tertiary/aromatic N) is 3. The van der Waals surface area contributed by atoms with Crippen LogP contribution in [0.4, 0.5) is 17.4 Å². The molecule has 0 aliphatic rings. The van der Waals surface area contributed by atoms with Crippen LogP contribution in [-0.4, -0.2) is 30.1 Å². The van der Waals surface area contributed by atoms with E-state index < -0.39 is 10.0 Å². The van der Waals surface area contributed by atoms with Gasteiger partial charge in [0.1, 0.15) is 22.7 Å². The fourth-order valence-electron chi connectivity index (χ4n) is 3.92. The van der Waals surface area contributed by atoms with E-state index in [2.05, 4.69) is 32.1 Å². The van der Waals surface area contributed by atoms with Crippen LogP contribution in [0.3, 0.4) is 0 Å². The minimum absolute atomic E-state index is 0.0980. The van der Waals surface area contributed by atoms with Crippen LogP contribution in [-0.2, 0) is 10.0 Å². The second kappa shape index (κ2) is 9.83. The van der Waals surface area contributed by atoms with E-state index in [0.717, 1.165) is 32.0 Å². The average molecular weight is 536 g/mol. The molecule has 11 heteroatoms. The van der Waals surface area contributed by atoms with Gasteiger partial charge in [0.05, 0.1) is 22.6 Å². The summed E-state index contributed by atoms with van der Waals surface area (Å²) < 4.78 is 38.8. The minimum Gasteiger partial charge on any atom is -0.494 e. The topological polar surface area (TPSA) is 119 Å². The Bertz CT molecular complexity index is 1680. The monoisotopic (exact) mass is 535 g/mol. The molecule has 0 saturated heterocycles. The molecule has 190 valence electrons. The summed E-state index contributed by atoms with van der Waals surface area (Å²) >= 11 is 1.60. The summed E-state index contributed by atoms with van der Waals surface area (Å²) in [5.74, 6) is 1.56. The highest BCUT2D eigenvalue weighted by molar-refractivity contribution is 7.92. The van der Waals surface area contributed by atoms with Crippen molar-refractivity contribution in [1.29, 1.82) is 0 Å². The highest BCUT2D eigenvalue weighted by Crippen LogP contribution is 2.41. The van der Waals surface area contributed by atoms with Gasteiger partial charge in [-0.2, -0.15) is 0 Å². The minimum atomic E-state index is -3.84. The first-order chi connectivity index (χ1) is 17.8. The zero-order valence-electron chi connectivity index (χ0n) is 20.7. The number of rotatable bonds is 8. The molecule has 5 rings (SSSR count). The normalized spacial score (nSPS) is 11.6. The number of nitrogens with one attached hydrogen (secondary N) is 2. The highest BCUT2D eigenvalue weighted by Gasteiger charge is 2.20. The molecule has 0 saturated carbocycles. The molecule has 9 nitrogen and oxygen atoms in total. The summed E-state index contributed by atoms with van der Waals surface area (Å²) in [6.45, 7) is 8.12. The Labute approximate surface area is 218 Å². The van der Waals surface area contributed by atoms with Crippen molar-refractivity contribution < 1.29 is 17.7 Å². The Morgan fingerprint density at radius 3 is 2.38 bits per heavy atom. The highest BCUT2D eigenvalue weighted by atomic mass is 32.2. The molecule has 0 aliphatic carbocycles. The first kappa shape index (κ1) is 24.7. The van der Waals surface area contributed by atoms with Crippen molar-refractivity contribution in [3.8, 4) is 16.9 Å². The molecule has 0 unspecified atom stereocenters. The van der Waals surface area contributed by atoms with E-state index >= 15 is 0 Å². The summed E-state index contributed by atoms with van der Waals surface area (Å²) in [6.07, 6.45) is 1.52. The maximum absolute atomic E-state index is 12.8. The summed E-state index contributed by atoms with van der Waals surface area (Å²) in [5.41, 5.74) is 4.04. The van der Waals surface area contributed by atoms with Crippen LogP contribution in [0, 0.1) is 20.8 Å². The largest absolute Gasteiger partial charge is 0.494 e. The zero-order chi connectivity index (χ0) is 26.2. The fraction of sp³-hybridized carbons (Fsp3) is 0.192. The van der Waals surface area contributed by atoms with Crippen LogP contribution in [0.25, 0.3) is 21.3 Å². The SMILES string of the molecule is CCOc1ccc(-c2c(C)sc3ncnc(Nc4ccc(S(=O)(=O)Nc5onc(C)c5C)cc4)c23)cc1. The number of anilines is 3. The predicted molar refractivity (Wildman–Crippen MR) is 145 cm³/mol. The van der Waals surface area contributed by atoms with Gasteiger partial charge < -0.3 is 14.6 Å². The molecule has 0 bridgehead atoms. The maximum atomic E-state index is 12.8. The van der Waals surface area contributed by atoms with Gasteiger partial charge in [-0.15, -0.1) is 11.3 Å². The molecule has 37 heavy (non-hydrogen) atoms. The second-order valence-corrected chi connectivity index (χ2v) is 11.3. The quantitative estimate of drug-likeness (QED) is 0.240. The molecular formula is C26H25N5O4S2. The molecule has 2 N–H and O–H groups in total. The molecule has 3 aromatic heterocycles. The standard InChI is InChI=1S/C26H25N5O4S2/c1-5-34-20-10-6-18(7-11-20)22-17(4)36-26-23(22)24(27-14-28-26)29-19-8-12-21(13-9-19)37(32,33)31-25-15(2)16(3)30-35-25/h6-14,31H,5H2,1-4H3,(H,27,28,29). The van der Waals surface area contributed by atoms with Crippen LogP contribution in [0.2, 0.25) is 0 Å². The van der Waals surface area contributed by atoms with Crippen molar-refractivity contribution in [3.63, 3.8) is 0 Å². The van der Waals surface area contributed by atoms with E-state index in [1.165, 1.54) is 18.5 Å². The lowest BCUT2D eigenvalue weighted by Crippen LogP contribution is -2.13. The van der Waals surface area contributed by atoms with Gasteiger partial charge in [0.15, 0.2) is 0 Å². The third-order valence-electron chi connectivity index (χ3n) is 5.93. The van der Waals surface area contributed by atoms with Gasteiger partial charge in [-0.05, 0) is 69.7 Å². The van der Waals surface area contributed by atoms with E-state index in [1.54, 1.807) is 37.3 Å². The van der Waals surface area contributed by atoms with Gasteiger partial charge in [0.25, 0.3) is 10.0 Å². The maximum Gasteiger partial charge on any atom is 0.264 e. The van der Waals surface area contributed by atoms with Gasteiger partial charge >= 0.3 is 0 Å². The summed E-state index contributed by atoms with van der Waals surface area (Å²) in [4.78, 5) is 11.0. The third kappa shape index (κ3) is 4.87. The number of aryl methyl sites for hydroxylation is 2. The number of benzene rings is 2. The molecular weight excluding hydrogens is 510 g/mol. The van der Waals surface area contributed by atoms with Gasteiger partial charge in [-0.3, -0.25) is 0 Å². The number of thiophene rings is 1. The van der Waals surface area contributed by atoms with Crippen LogP contribution in [0.5, 0.6) is 5.75 Å². The third-order valence-corrected chi connectivity index (χ3v) is 8.29. The van der Waals surface area contributed by atoms with Crippen molar-refractivity contribution in [1.82, 2.24) is 15.1 Å². The molecule has 0 amide bonds. The smallest absolute Gasteiger partial charge is 0.264 e. The average Bonchev–Trinajstić information content (AvgIpc) is 3.38. The first-order valence-corrected chi connectivity index (χ1v) is 13.9. The lowest BCUT2D eigenvalue weighted by Gasteiger charge is -2.11. The Kier molecular flexibility index (Phi) is 6.57. The van der Waals surface area contributed by atoms with E-state index in [0.29, 0.717) is 29.4 Å². The van der Waals surface area contributed by atoms with Crippen molar-refractivity contribution in [2.45, 2.75) is 32.6 Å². The number of hydrogen-bond donors (Lipinski definition) is 2. The van der Waals surface area contributed by atoms with Gasteiger partial charge in [-0.25, -0.2) is 23.1 Å². The predicted octanol–water partition coefficient (Wildman–Crippen LogP) is 6.21. The van der Waals surface area contributed by atoms with Crippen molar-refractivity contribution in [3.05, 3.63) is 71.0 Å². The Morgan fingerprint density at radius 2 is 1.73 bits per heavy atom. The van der Waals surface area contributed by atoms with Gasteiger partial charge in [0.2, 0.25) is 5.88 Å². The van der Waals surface area contributed by atoms with Crippen LogP contribution in [0.1, 0.15) is 23.1 Å². The molecule has 0 spiro atoms. The first-order valence-electron chi connectivity index (χ1n) is 11.6. The van der Waals surface area contributed by atoms with Crippen LogP contribution < -0.4 is 14.8 Å². The van der Waals surface area contributed by atoms with E-state index in [4.69, 9.17) is 9.26 Å². The lowest BCUT2D eigenvalue weighted by atomic mass is 10.0. The second-order valence-electron chi connectivity index (χ2n) is 8.37. The van der Waals surface area contributed by atoms with E-state index in [1.807, 2.05) is 31.2 Å². The van der Waals surface area contributed by atoms with Crippen molar-refractivity contribution in [2.75, 3.05) is 16.6 Å². The lowest BCUT2D eigenvalue weighted by molar-refractivity contribution is 0.340. The molecule has 3 heterocycles. The number of fused-ring (bicyclic) bond motifs is 1. The van der Waals surface area contributed by atoms with Crippen molar-refractivity contribution in [2.24, 2.45) is 0 Å². The summed E-state index contributed by atoms with van der Waals surface area (Å²) in [5, 5.41) is 8.03. The number of aromatic nitrogens is 3. The molecule has 0 fully saturated rings. The van der Waals surface area contributed by atoms with Gasteiger partial charge in [-0.1, -0.05) is 17.3 Å². The van der Waals surface area contributed by atoms with Crippen molar-refractivity contribution >= 4 is 49.0 Å².